The Kier molecular flexibility index (Phi) is 7.74. The molecule has 3 aliphatic heterocycles. The number of rotatable bonds is 10. The molecule has 3 fully saturated rings. The van der Waals surface area contributed by atoms with E-state index in [1.165, 1.54) is 0 Å². The molecule has 1 spiro atoms. The molecule has 202 valence electrons. The number of amides is 3. The summed E-state index contributed by atoms with van der Waals surface area (Å²) in [4.78, 5) is 42.6. The molecule has 5 rings (SSSR count). The Balaban J connectivity index is 1.42. The minimum Gasteiger partial charge on any atom is -0.497 e. The summed E-state index contributed by atoms with van der Waals surface area (Å²) in [6.45, 7) is 0.620. The lowest BCUT2D eigenvalue weighted by Crippen LogP contribution is -2.54. The Morgan fingerprint density at radius 3 is 2.55 bits per heavy atom. The van der Waals surface area contributed by atoms with Crippen molar-refractivity contribution in [2.75, 3.05) is 25.6 Å². The number of carbonyl (C=O) groups excluding carboxylic acids is 3. The van der Waals surface area contributed by atoms with Crippen LogP contribution >= 0.6 is 15.9 Å². The quantitative estimate of drug-likeness (QED) is 0.291. The highest BCUT2D eigenvalue weighted by Gasteiger charge is 2.76. The zero-order chi connectivity index (χ0) is 26.9. The van der Waals surface area contributed by atoms with Crippen LogP contribution in [-0.2, 0) is 25.7 Å². The number of nitrogens with zero attached hydrogens (tertiary/aromatic N) is 1. The number of anilines is 1. The topological polar surface area (TPSA) is 117 Å². The van der Waals surface area contributed by atoms with Gasteiger partial charge in [-0.3, -0.25) is 14.4 Å². The Morgan fingerprint density at radius 2 is 1.87 bits per heavy atom. The van der Waals surface area contributed by atoms with E-state index in [2.05, 4.69) is 26.6 Å². The van der Waals surface area contributed by atoms with Crippen LogP contribution in [0.2, 0.25) is 0 Å². The van der Waals surface area contributed by atoms with Crippen molar-refractivity contribution < 1.29 is 29.0 Å². The smallest absolute Gasteiger partial charge is 0.250 e. The molecule has 3 unspecified atom stereocenters. The molecule has 2 aromatic carbocycles. The van der Waals surface area contributed by atoms with Crippen molar-refractivity contribution in [2.24, 2.45) is 11.8 Å². The molecule has 0 aromatic heterocycles. The molecule has 0 aliphatic carbocycles. The van der Waals surface area contributed by atoms with Crippen molar-refractivity contribution in [1.29, 1.82) is 0 Å². The minimum atomic E-state index is -1.12. The van der Waals surface area contributed by atoms with Gasteiger partial charge in [-0.25, -0.2) is 0 Å². The van der Waals surface area contributed by atoms with E-state index < -0.39 is 29.6 Å². The van der Waals surface area contributed by atoms with Gasteiger partial charge in [-0.05, 0) is 49.1 Å². The number of aliphatic hydroxyl groups excluding tert-OH is 1. The lowest BCUT2D eigenvalue weighted by atomic mass is 9.70. The fourth-order valence-electron chi connectivity index (χ4n) is 6.15. The number of fused-ring (bicyclic) bond motifs is 1. The number of likely N-dealkylation sites (tertiary alicyclic amines) is 1. The monoisotopic (exact) mass is 585 g/mol. The molecule has 6 atom stereocenters. The van der Waals surface area contributed by atoms with E-state index in [1.807, 2.05) is 30.3 Å². The molecule has 0 saturated carbocycles. The van der Waals surface area contributed by atoms with E-state index in [4.69, 9.17) is 9.47 Å². The van der Waals surface area contributed by atoms with E-state index in [9.17, 15) is 19.5 Å². The van der Waals surface area contributed by atoms with Crippen LogP contribution in [0.25, 0.3) is 0 Å². The summed E-state index contributed by atoms with van der Waals surface area (Å²) < 4.78 is 11.7. The number of methoxy groups -OCH3 is 1. The number of hydrogen-bond donors (Lipinski definition) is 3. The Bertz CT molecular complexity index is 1180. The number of ether oxygens (including phenoxy) is 2. The molecule has 3 saturated heterocycles. The molecular weight excluding hydrogens is 554 g/mol. The van der Waals surface area contributed by atoms with Crippen molar-refractivity contribution in [3.8, 4) is 5.75 Å². The first-order chi connectivity index (χ1) is 18.4. The molecule has 3 heterocycles. The Hall–Kier alpha value is -2.95. The first-order valence-corrected chi connectivity index (χ1v) is 13.8. The van der Waals surface area contributed by atoms with E-state index in [0.717, 1.165) is 5.56 Å². The fourth-order valence-corrected chi connectivity index (χ4v) is 7.09. The van der Waals surface area contributed by atoms with Gasteiger partial charge in [0, 0.05) is 30.2 Å². The average Bonchev–Trinajstić information content (AvgIpc) is 3.52. The minimum absolute atomic E-state index is 0.00806. The van der Waals surface area contributed by atoms with Crippen molar-refractivity contribution in [1.82, 2.24) is 10.2 Å². The largest absolute Gasteiger partial charge is 0.497 e. The lowest BCUT2D eigenvalue weighted by Gasteiger charge is -2.34. The lowest BCUT2D eigenvalue weighted by molar-refractivity contribution is -0.140. The van der Waals surface area contributed by atoms with Gasteiger partial charge in [-0.2, -0.15) is 0 Å². The zero-order valence-corrected chi connectivity index (χ0v) is 22.7. The van der Waals surface area contributed by atoms with Crippen molar-refractivity contribution in [3.63, 3.8) is 0 Å². The maximum atomic E-state index is 13.9. The summed E-state index contributed by atoms with van der Waals surface area (Å²) in [5.41, 5.74) is 0.397. The number of benzene rings is 2. The first kappa shape index (κ1) is 26.6. The van der Waals surface area contributed by atoms with E-state index in [0.29, 0.717) is 37.2 Å². The molecule has 2 bridgehead atoms. The zero-order valence-electron chi connectivity index (χ0n) is 21.1. The molecule has 38 heavy (non-hydrogen) atoms. The van der Waals surface area contributed by atoms with Gasteiger partial charge >= 0.3 is 0 Å². The van der Waals surface area contributed by atoms with Crippen LogP contribution < -0.4 is 15.4 Å². The van der Waals surface area contributed by atoms with Gasteiger partial charge in [0.2, 0.25) is 17.7 Å². The normalized spacial score (nSPS) is 29.3. The molecule has 3 N–H and O–H groups in total. The Morgan fingerprint density at radius 1 is 1.13 bits per heavy atom. The number of hydrogen-bond acceptors (Lipinski definition) is 6. The maximum absolute atomic E-state index is 13.9. The summed E-state index contributed by atoms with van der Waals surface area (Å²) in [6.07, 6.45) is 0.951. The highest BCUT2D eigenvalue weighted by molar-refractivity contribution is 9.09. The first-order valence-electron chi connectivity index (χ1n) is 12.9. The van der Waals surface area contributed by atoms with E-state index in [-0.39, 0.29) is 35.7 Å². The van der Waals surface area contributed by atoms with E-state index in [1.54, 1.807) is 36.3 Å². The van der Waals surface area contributed by atoms with E-state index >= 15 is 0 Å². The molecule has 9 nitrogen and oxygen atoms in total. The second kappa shape index (κ2) is 11.0. The predicted molar refractivity (Wildman–Crippen MR) is 144 cm³/mol. The third-order valence-electron chi connectivity index (χ3n) is 7.81. The summed E-state index contributed by atoms with van der Waals surface area (Å²) in [6, 6.07) is 15.6. The molecule has 2 aromatic rings. The number of carbonyl (C=O) groups is 3. The second-order valence-electron chi connectivity index (χ2n) is 10.0. The van der Waals surface area contributed by atoms with Crippen molar-refractivity contribution >= 4 is 39.3 Å². The molecule has 0 radical (unpaired) electrons. The number of halogens is 1. The molecule has 3 amide bonds. The highest BCUT2D eigenvalue weighted by Crippen LogP contribution is 2.60. The summed E-state index contributed by atoms with van der Waals surface area (Å²) in [7, 11) is 1.57. The molecule has 3 aliphatic rings. The summed E-state index contributed by atoms with van der Waals surface area (Å²) in [5.74, 6) is -1.69. The van der Waals surface area contributed by atoms with Crippen LogP contribution in [0.15, 0.2) is 54.6 Å². The SMILES string of the molecule is COc1ccc(NC(=O)C2N(CCCCO)C(=O)[C@@H]3[C@@H](C(=O)NCc4ccccc4)[C@@H]4OC23CC4Br)cc1. The van der Waals surface area contributed by atoms with Gasteiger partial charge in [0.15, 0.2) is 0 Å². The van der Waals surface area contributed by atoms with Crippen molar-refractivity contribution in [2.45, 2.75) is 48.4 Å². The van der Waals surface area contributed by atoms with Crippen LogP contribution in [0.1, 0.15) is 24.8 Å². The van der Waals surface area contributed by atoms with Crippen LogP contribution in [0, 0.1) is 11.8 Å². The number of nitrogens with one attached hydrogen (secondary N) is 2. The van der Waals surface area contributed by atoms with Gasteiger partial charge in [-0.1, -0.05) is 46.3 Å². The van der Waals surface area contributed by atoms with Gasteiger partial charge in [0.05, 0.1) is 25.0 Å². The number of unbranched alkanes of at least 4 members (excludes halogenated alkanes) is 1. The summed E-state index contributed by atoms with van der Waals surface area (Å²) >= 11 is 3.68. The number of alkyl halides is 1. The van der Waals surface area contributed by atoms with Crippen LogP contribution in [0.3, 0.4) is 0 Å². The Labute approximate surface area is 230 Å². The van der Waals surface area contributed by atoms with Gasteiger partial charge in [0.1, 0.15) is 17.4 Å². The summed E-state index contributed by atoms with van der Waals surface area (Å²) in [5, 5.41) is 15.2. The fraction of sp³-hybridized carbons (Fsp3) is 0.464. The van der Waals surface area contributed by atoms with Gasteiger partial charge in [-0.15, -0.1) is 0 Å². The predicted octanol–water partition coefficient (Wildman–Crippen LogP) is 2.47. The standard InChI is InChI=1S/C28H32BrN3O6/c1-37-19-11-9-18(10-12-19)31-26(35)24-28-15-20(29)23(38-28)21(22(28)27(36)32(24)13-5-6-14-33)25(34)30-16-17-7-3-2-4-8-17/h2-4,7-12,20-24,33H,5-6,13-16H2,1H3,(H,30,34)(H,31,35)/t20?,21-,22+,23-,24?,28?/m1/s1. The average molecular weight is 586 g/mol. The third kappa shape index (κ3) is 4.69. The molecular formula is C28H32BrN3O6. The van der Waals surface area contributed by atoms with Gasteiger partial charge < -0.3 is 30.1 Å². The van der Waals surface area contributed by atoms with Crippen molar-refractivity contribution in [3.05, 3.63) is 60.2 Å². The molecule has 10 heteroatoms. The van der Waals surface area contributed by atoms with Crippen LogP contribution in [0.4, 0.5) is 5.69 Å². The maximum Gasteiger partial charge on any atom is 0.250 e. The third-order valence-corrected chi connectivity index (χ3v) is 8.66. The number of aliphatic hydroxyl groups is 1. The van der Waals surface area contributed by atoms with Crippen LogP contribution in [-0.4, -0.2) is 70.6 Å². The second-order valence-corrected chi connectivity index (χ2v) is 11.2. The van der Waals surface area contributed by atoms with Crippen LogP contribution in [0.5, 0.6) is 5.75 Å². The highest BCUT2D eigenvalue weighted by atomic mass is 79.9. The van der Waals surface area contributed by atoms with Gasteiger partial charge in [0.25, 0.3) is 0 Å².